The fourth-order valence-corrected chi connectivity index (χ4v) is 3.56. The number of piperazine rings is 1. The van der Waals surface area contributed by atoms with Crippen LogP contribution in [-0.2, 0) is 6.54 Å². The lowest BCUT2D eigenvalue weighted by molar-refractivity contribution is 0.0876. The van der Waals surface area contributed by atoms with Gasteiger partial charge in [0, 0.05) is 37.4 Å². The summed E-state index contributed by atoms with van der Waals surface area (Å²) < 4.78 is 6.95. The van der Waals surface area contributed by atoms with Gasteiger partial charge in [0.15, 0.2) is 11.4 Å². The zero-order valence-electron chi connectivity index (χ0n) is 15.9. The molecule has 0 amide bonds. The van der Waals surface area contributed by atoms with Crippen LogP contribution in [0.25, 0.3) is 11.1 Å². The van der Waals surface area contributed by atoms with Crippen molar-refractivity contribution in [3.63, 3.8) is 0 Å². The van der Waals surface area contributed by atoms with E-state index in [0.717, 1.165) is 31.7 Å². The Morgan fingerprint density at radius 3 is 2.64 bits per heavy atom. The zero-order valence-corrected chi connectivity index (χ0v) is 15.9. The average molecular weight is 380 g/mol. The normalized spacial score (nSPS) is 15.9. The number of hydrogen-bond acceptors (Lipinski definition) is 6. The Hall–Kier alpha value is -2.90. The quantitative estimate of drug-likeness (QED) is 0.535. The number of nitrogen functional groups attached to an aromatic ring is 1. The number of fused-ring (bicyclic) bond motifs is 1. The van der Waals surface area contributed by atoms with Crippen molar-refractivity contribution < 1.29 is 9.21 Å². The van der Waals surface area contributed by atoms with Gasteiger partial charge in [-0.3, -0.25) is 14.3 Å². The number of likely N-dealkylation sites (N-methyl/N-ethyl adjacent to an activating group) is 1. The van der Waals surface area contributed by atoms with Gasteiger partial charge in [-0.1, -0.05) is 12.1 Å². The van der Waals surface area contributed by atoms with E-state index in [1.54, 1.807) is 28.8 Å². The predicted octanol–water partition coefficient (Wildman–Crippen LogP) is 1.66. The standard InChI is InChI=1S/C21H24N4O3/c1-23-7-9-24(10-8-23)14-19(26)16-5-6-18-20(12-16)28-21(27)25(18)13-15-3-2-4-17(22)11-15/h2-6,11-12H,7-10,13-14,22H2,1H3. The summed E-state index contributed by atoms with van der Waals surface area (Å²) in [5.74, 6) is -0.404. The monoisotopic (exact) mass is 380 g/mol. The Bertz CT molecular complexity index is 1060. The van der Waals surface area contributed by atoms with Crippen LogP contribution in [-0.4, -0.2) is 59.9 Å². The Morgan fingerprint density at radius 1 is 1.11 bits per heavy atom. The highest BCUT2D eigenvalue weighted by atomic mass is 16.4. The van der Waals surface area contributed by atoms with E-state index in [-0.39, 0.29) is 5.78 Å². The maximum absolute atomic E-state index is 12.7. The van der Waals surface area contributed by atoms with Crippen LogP contribution in [0, 0.1) is 0 Å². The van der Waals surface area contributed by atoms with Gasteiger partial charge in [-0.15, -0.1) is 0 Å². The van der Waals surface area contributed by atoms with Gasteiger partial charge in [0.25, 0.3) is 0 Å². The number of Topliss-reactive ketones (excluding diaryl/α,β-unsaturated/α-hetero) is 1. The van der Waals surface area contributed by atoms with Gasteiger partial charge in [0.2, 0.25) is 0 Å². The summed E-state index contributed by atoms with van der Waals surface area (Å²) in [5, 5.41) is 0. The molecule has 0 atom stereocenters. The molecule has 28 heavy (non-hydrogen) atoms. The maximum atomic E-state index is 12.7. The second kappa shape index (κ2) is 7.61. The summed E-state index contributed by atoms with van der Waals surface area (Å²) in [6, 6.07) is 12.6. The van der Waals surface area contributed by atoms with Crippen molar-refractivity contribution in [1.29, 1.82) is 0 Å². The lowest BCUT2D eigenvalue weighted by Gasteiger charge is -2.31. The largest absolute Gasteiger partial charge is 0.420 e. The van der Waals surface area contributed by atoms with Crippen molar-refractivity contribution >= 4 is 22.6 Å². The van der Waals surface area contributed by atoms with Crippen LogP contribution >= 0.6 is 0 Å². The van der Waals surface area contributed by atoms with Gasteiger partial charge in [-0.25, -0.2) is 4.79 Å². The minimum atomic E-state index is -0.443. The minimum Gasteiger partial charge on any atom is -0.408 e. The first-order valence-corrected chi connectivity index (χ1v) is 9.41. The summed E-state index contributed by atoms with van der Waals surface area (Å²) in [5.41, 5.74) is 9.05. The molecule has 7 nitrogen and oxygen atoms in total. The second-order valence-corrected chi connectivity index (χ2v) is 7.38. The van der Waals surface area contributed by atoms with Crippen LogP contribution in [0.2, 0.25) is 0 Å². The van der Waals surface area contributed by atoms with Crippen molar-refractivity contribution in [1.82, 2.24) is 14.4 Å². The fourth-order valence-electron chi connectivity index (χ4n) is 3.56. The van der Waals surface area contributed by atoms with Gasteiger partial charge >= 0.3 is 5.76 Å². The van der Waals surface area contributed by atoms with Gasteiger partial charge < -0.3 is 15.1 Å². The van der Waals surface area contributed by atoms with Crippen LogP contribution in [0.3, 0.4) is 0 Å². The molecule has 1 fully saturated rings. The van der Waals surface area contributed by atoms with Crippen molar-refractivity contribution in [2.24, 2.45) is 0 Å². The highest BCUT2D eigenvalue weighted by molar-refractivity contribution is 6.00. The number of nitrogens with two attached hydrogens (primary N) is 1. The third kappa shape index (κ3) is 3.85. The first-order chi connectivity index (χ1) is 13.5. The molecule has 0 spiro atoms. The van der Waals surface area contributed by atoms with E-state index in [1.165, 1.54) is 0 Å². The maximum Gasteiger partial charge on any atom is 0.420 e. The molecule has 0 radical (unpaired) electrons. The zero-order chi connectivity index (χ0) is 19.7. The van der Waals surface area contributed by atoms with E-state index < -0.39 is 5.76 Å². The number of aromatic nitrogens is 1. The molecular formula is C21H24N4O3. The number of ketones is 1. The second-order valence-electron chi connectivity index (χ2n) is 7.38. The molecule has 1 aliphatic heterocycles. The highest BCUT2D eigenvalue weighted by Crippen LogP contribution is 2.18. The summed E-state index contributed by atoms with van der Waals surface area (Å²) in [4.78, 5) is 29.4. The number of benzene rings is 2. The van der Waals surface area contributed by atoms with Gasteiger partial charge in [-0.2, -0.15) is 0 Å². The van der Waals surface area contributed by atoms with Crippen LogP contribution in [0.4, 0.5) is 5.69 Å². The van der Waals surface area contributed by atoms with Crippen molar-refractivity contribution in [2.45, 2.75) is 6.54 Å². The fraction of sp³-hybridized carbons (Fsp3) is 0.333. The van der Waals surface area contributed by atoms with Gasteiger partial charge in [-0.05, 0) is 42.9 Å². The number of rotatable bonds is 5. The number of carbonyl (C=O) groups is 1. The molecule has 7 heteroatoms. The highest BCUT2D eigenvalue weighted by Gasteiger charge is 2.19. The Kier molecular flexibility index (Phi) is 5.02. The van der Waals surface area contributed by atoms with Crippen molar-refractivity contribution in [3.05, 3.63) is 64.1 Å². The van der Waals surface area contributed by atoms with E-state index in [4.69, 9.17) is 10.2 Å². The lowest BCUT2D eigenvalue weighted by Crippen LogP contribution is -2.46. The first kappa shape index (κ1) is 18.5. The average Bonchev–Trinajstić information content (AvgIpc) is 2.98. The van der Waals surface area contributed by atoms with Crippen LogP contribution < -0.4 is 11.5 Å². The summed E-state index contributed by atoms with van der Waals surface area (Å²) in [7, 11) is 2.09. The molecule has 2 aromatic carbocycles. The molecule has 0 unspecified atom stereocenters. The molecule has 3 aromatic rings. The van der Waals surface area contributed by atoms with Crippen LogP contribution in [0.15, 0.2) is 51.7 Å². The van der Waals surface area contributed by atoms with E-state index in [2.05, 4.69) is 16.8 Å². The summed E-state index contributed by atoms with van der Waals surface area (Å²) in [6.07, 6.45) is 0. The third-order valence-corrected chi connectivity index (χ3v) is 5.25. The van der Waals surface area contributed by atoms with Crippen molar-refractivity contribution in [2.75, 3.05) is 45.5 Å². The molecule has 1 saturated heterocycles. The number of anilines is 1. The SMILES string of the molecule is CN1CCN(CC(=O)c2ccc3c(c2)oc(=O)n3Cc2cccc(N)c2)CC1. The molecule has 2 heterocycles. The number of hydrogen-bond donors (Lipinski definition) is 1. The van der Waals surface area contributed by atoms with Crippen molar-refractivity contribution in [3.8, 4) is 0 Å². The van der Waals surface area contributed by atoms with Gasteiger partial charge in [0.05, 0.1) is 18.6 Å². The molecule has 1 aromatic heterocycles. The number of oxazole rings is 1. The van der Waals surface area contributed by atoms with E-state index in [0.29, 0.717) is 35.4 Å². The molecule has 2 N–H and O–H groups in total. The molecule has 0 aliphatic carbocycles. The predicted molar refractivity (Wildman–Crippen MR) is 109 cm³/mol. The number of nitrogens with zero attached hydrogens (tertiary/aromatic N) is 3. The Morgan fingerprint density at radius 2 is 1.89 bits per heavy atom. The molecule has 0 saturated carbocycles. The lowest BCUT2D eigenvalue weighted by atomic mass is 10.1. The molecule has 0 bridgehead atoms. The van der Waals surface area contributed by atoms with Crippen LogP contribution in [0.1, 0.15) is 15.9 Å². The minimum absolute atomic E-state index is 0.0395. The van der Waals surface area contributed by atoms with E-state index in [9.17, 15) is 9.59 Å². The molecular weight excluding hydrogens is 356 g/mol. The smallest absolute Gasteiger partial charge is 0.408 e. The summed E-state index contributed by atoms with van der Waals surface area (Å²) >= 11 is 0. The van der Waals surface area contributed by atoms with E-state index in [1.807, 2.05) is 18.2 Å². The Labute approximate surface area is 162 Å². The van der Waals surface area contributed by atoms with Crippen LogP contribution in [0.5, 0.6) is 0 Å². The third-order valence-electron chi connectivity index (χ3n) is 5.25. The molecule has 1 aliphatic rings. The molecule has 4 rings (SSSR count). The first-order valence-electron chi connectivity index (χ1n) is 9.41. The van der Waals surface area contributed by atoms with Gasteiger partial charge in [0.1, 0.15) is 0 Å². The van der Waals surface area contributed by atoms with E-state index >= 15 is 0 Å². The number of carbonyl (C=O) groups excluding carboxylic acids is 1. The molecule has 146 valence electrons. The summed E-state index contributed by atoms with van der Waals surface area (Å²) in [6.45, 7) is 4.45. The topological polar surface area (TPSA) is 84.7 Å². The Balaban J connectivity index is 1.55.